The number of nitrogens with zero attached hydrogens (tertiary/aromatic N) is 1. The molecule has 6 heteroatoms. The summed E-state index contributed by atoms with van der Waals surface area (Å²) in [5.74, 6) is -0.692. The minimum atomic E-state index is -1.41. The second kappa shape index (κ2) is 5.36. The van der Waals surface area contributed by atoms with Gasteiger partial charge in [-0.25, -0.2) is 4.79 Å². The number of nitro benzene ring substituents is 1. The summed E-state index contributed by atoms with van der Waals surface area (Å²) in [4.78, 5) is 22.1. The number of ether oxygens (including phenoxy) is 1. The van der Waals surface area contributed by atoms with E-state index in [0.717, 1.165) is 12.8 Å². The normalized spacial score (nSPS) is 17.1. The highest BCUT2D eigenvalue weighted by molar-refractivity contribution is 5.79. The molecule has 102 valence electrons. The SMILES string of the molecule is O=C(OCc1ccccc1[N+](=O)[O-])C1(O)CCCC1. The van der Waals surface area contributed by atoms with Gasteiger partial charge in [0.2, 0.25) is 0 Å². The molecule has 0 saturated heterocycles. The monoisotopic (exact) mass is 265 g/mol. The standard InChI is InChI=1S/C13H15NO5/c15-12(13(16)7-3-4-8-13)19-9-10-5-1-2-6-11(10)14(17)18/h1-2,5-6,16H,3-4,7-9H2. The van der Waals surface area contributed by atoms with Crippen molar-refractivity contribution in [1.82, 2.24) is 0 Å². The molecule has 0 aromatic heterocycles. The lowest BCUT2D eigenvalue weighted by atomic mass is 10.0. The summed E-state index contributed by atoms with van der Waals surface area (Å²) in [6.07, 6.45) is 2.36. The lowest BCUT2D eigenvalue weighted by Crippen LogP contribution is -2.36. The van der Waals surface area contributed by atoms with E-state index in [4.69, 9.17) is 4.74 Å². The number of esters is 1. The Hall–Kier alpha value is -1.95. The van der Waals surface area contributed by atoms with E-state index >= 15 is 0 Å². The Balaban J connectivity index is 2.03. The quantitative estimate of drug-likeness (QED) is 0.510. The molecule has 0 bridgehead atoms. The van der Waals surface area contributed by atoms with Gasteiger partial charge in [0.15, 0.2) is 5.60 Å². The van der Waals surface area contributed by atoms with Gasteiger partial charge >= 0.3 is 5.97 Å². The fourth-order valence-corrected chi connectivity index (χ4v) is 2.25. The largest absolute Gasteiger partial charge is 0.458 e. The Morgan fingerprint density at radius 1 is 1.37 bits per heavy atom. The Morgan fingerprint density at radius 2 is 2.00 bits per heavy atom. The maximum atomic E-state index is 11.8. The van der Waals surface area contributed by atoms with Crippen LogP contribution in [0.25, 0.3) is 0 Å². The molecule has 1 aromatic carbocycles. The van der Waals surface area contributed by atoms with Crippen molar-refractivity contribution in [3.8, 4) is 0 Å². The first-order valence-electron chi connectivity index (χ1n) is 6.15. The Kier molecular flexibility index (Phi) is 3.80. The molecule has 1 fully saturated rings. The molecule has 0 radical (unpaired) electrons. The van der Waals surface area contributed by atoms with E-state index in [2.05, 4.69) is 0 Å². The van der Waals surface area contributed by atoms with Gasteiger partial charge in [-0.2, -0.15) is 0 Å². The van der Waals surface area contributed by atoms with Crippen molar-refractivity contribution < 1.29 is 19.6 Å². The van der Waals surface area contributed by atoms with Crippen LogP contribution in [0.3, 0.4) is 0 Å². The highest BCUT2D eigenvalue weighted by Gasteiger charge is 2.40. The number of carbonyl (C=O) groups excluding carboxylic acids is 1. The highest BCUT2D eigenvalue weighted by atomic mass is 16.6. The molecule has 0 amide bonds. The molecule has 19 heavy (non-hydrogen) atoms. The van der Waals surface area contributed by atoms with Crippen LogP contribution in [-0.4, -0.2) is 21.6 Å². The summed E-state index contributed by atoms with van der Waals surface area (Å²) in [6, 6.07) is 6.08. The van der Waals surface area contributed by atoms with Crippen LogP contribution in [0.2, 0.25) is 0 Å². The fraction of sp³-hybridized carbons (Fsp3) is 0.462. The first kappa shape index (κ1) is 13.5. The molecule has 1 N–H and O–H groups in total. The van der Waals surface area contributed by atoms with Crippen LogP contribution in [0.5, 0.6) is 0 Å². The van der Waals surface area contributed by atoms with Crippen molar-refractivity contribution in [1.29, 1.82) is 0 Å². The Bertz CT molecular complexity index is 494. The van der Waals surface area contributed by atoms with Gasteiger partial charge in [-0.3, -0.25) is 10.1 Å². The molecular weight excluding hydrogens is 250 g/mol. The number of carbonyl (C=O) groups is 1. The smallest absolute Gasteiger partial charge is 0.338 e. The summed E-state index contributed by atoms with van der Waals surface area (Å²) < 4.78 is 5.01. The second-order valence-corrected chi connectivity index (χ2v) is 4.70. The average molecular weight is 265 g/mol. The minimum absolute atomic E-state index is 0.0892. The minimum Gasteiger partial charge on any atom is -0.458 e. The van der Waals surface area contributed by atoms with E-state index in [1.165, 1.54) is 12.1 Å². The lowest BCUT2D eigenvalue weighted by Gasteiger charge is -2.19. The summed E-state index contributed by atoms with van der Waals surface area (Å²) in [5.41, 5.74) is -1.18. The number of hydrogen-bond acceptors (Lipinski definition) is 5. The van der Waals surface area contributed by atoms with Gasteiger partial charge in [0.1, 0.15) is 6.61 Å². The van der Waals surface area contributed by atoms with Crippen LogP contribution < -0.4 is 0 Å². The van der Waals surface area contributed by atoms with Crippen LogP contribution in [0.1, 0.15) is 31.2 Å². The van der Waals surface area contributed by atoms with Crippen LogP contribution in [0.4, 0.5) is 5.69 Å². The van der Waals surface area contributed by atoms with Crippen molar-refractivity contribution in [3.05, 3.63) is 39.9 Å². The van der Waals surface area contributed by atoms with Crippen molar-refractivity contribution in [2.24, 2.45) is 0 Å². The van der Waals surface area contributed by atoms with Crippen molar-refractivity contribution >= 4 is 11.7 Å². The summed E-state index contributed by atoms with van der Waals surface area (Å²) in [5, 5.41) is 20.8. The molecule has 0 aliphatic heterocycles. The fourth-order valence-electron chi connectivity index (χ4n) is 2.25. The molecule has 1 aromatic rings. The number of rotatable bonds is 4. The van der Waals surface area contributed by atoms with E-state index in [1.807, 2.05) is 0 Å². The predicted octanol–water partition coefficient (Wildman–Crippen LogP) is 1.94. The van der Waals surface area contributed by atoms with Gasteiger partial charge in [0.25, 0.3) is 5.69 Å². The summed E-state index contributed by atoms with van der Waals surface area (Å²) in [7, 11) is 0. The number of para-hydroxylation sites is 1. The van der Waals surface area contributed by atoms with Gasteiger partial charge in [-0.15, -0.1) is 0 Å². The van der Waals surface area contributed by atoms with Crippen molar-refractivity contribution in [3.63, 3.8) is 0 Å². The van der Waals surface area contributed by atoms with E-state index in [9.17, 15) is 20.0 Å². The second-order valence-electron chi connectivity index (χ2n) is 4.70. The molecule has 0 atom stereocenters. The zero-order valence-electron chi connectivity index (χ0n) is 10.4. The molecule has 1 saturated carbocycles. The predicted molar refractivity (Wildman–Crippen MR) is 66.3 cm³/mol. The maximum absolute atomic E-state index is 11.8. The molecule has 0 spiro atoms. The van der Waals surface area contributed by atoms with Crippen LogP contribution in [0, 0.1) is 10.1 Å². The molecule has 0 unspecified atom stereocenters. The zero-order chi connectivity index (χ0) is 13.9. The number of benzene rings is 1. The van der Waals surface area contributed by atoms with Crippen molar-refractivity contribution in [2.75, 3.05) is 0 Å². The van der Waals surface area contributed by atoms with Crippen LogP contribution >= 0.6 is 0 Å². The first-order chi connectivity index (χ1) is 9.03. The van der Waals surface area contributed by atoms with Gasteiger partial charge in [-0.1, -0.05) is 12.1 Å². The molecular formula is C13H15NO5. The summed E-state index contributed by atoms with van der Waals surface area (Å²) >= 11 is 0. The highest BCUT2D eigenvalue weighted by Crippen LogP contribution is 2.31. The number of hydrogen-bond donors (Lipinski definition) is 1. The average Bonchev–Trinajstić information content (AvgIpc) is 2.84. The Morgan fingerprint density at radius 3 is 2.63 bits per heavy atom. The van der Waals surface area contributed by atoms with Gasteiger partial charge in [0.05, 0.1) is 10.5 Å². The summed E-state index contributed by atoms with van der Waals surface area (Å²) in [6.45, 7) is -0.196. The molecule has 6 nitrogen and oxygen atoms in total. The zero-order valence-corrected chi connectivity index (χ0v) is 10.4. The van der Waals surface area contributed by atoms with E-state index in [1.54, 1.807) is 12.1 Å². The van der Waals surface area contributed by atoms with Gasteiger partial charge in [0, 0.05) is 6.07 Å². The van der Waals surface area contributed by atoms with E-state index < -0.39 is 16.5 Å². The molecule has 2 rings (SSSR count). The third-order valence-corrected chi connectivity index (χ3v) is 3.36. The van der Waals surface area contributed by atoms with Crippen molar-refractivity contribution in [2.45, 2.75) is 37.9 Å². The molecule has 1 aliphatic carbocycles. The maximum Gasteiger partial charge on any atom is 0.338 e. The van der Waals surface area contributed by atoms with Crippen LogP contribution in [0.15, 0.2) is 24.3 Å². The molecule has 0 heterocycles. The topological polar surface area (TPSA) is 89.7 Å². The molecule has 1 aliphatic rings. The third-order valence-electron chi connectivity index (χ3n) is 3.36. The number of aliphatic hydroxyl groups is 1. The lowest BCUT2D eigenvalue weighted by molar-refractivity contribution is -0.385. The van der Waals surface area contributed by atoms with E-state index in [0.29, 0.717) is 18.4 Å². The van der Waals surface area contributed by atoms with Gasteiger partial charge < -0.3 is 9.84 Å². The Labute approximate surface area is 110 Å². The van der Waals surface area contributed by atoms with Gasteiger partial charge in [-0.05, 0) is 31.7 Å². The third kappa shape index (κ3) is 2.90. The van der Waals surface area contributed by atoms with E-state index in [-0.39, 0.29) is 12.3 Å². The number of nitro groups is 1. The first-order valence-corrected chi connectivity index (χ1v) is 6.15. The van der Waals surface area contributed by atoms with Crippen LogP contribution in [-0.2, 0) is 16.1 Å².